The van der Waals surface area contributed by atoms with E-state index >= 15 is 0 Å². The molecule has 0 atom stereocenters. The Labute approximate surface area is 108 Å². The van der Waals surface area contributed by atoms with Gasteiger partial charge in [0.1, 0.15) is 0 Å². The van der Waals surface area contributed by atoms with Gasteiger partial charge in [-0.1, -0.05) is 24.9 Å². The molecule has 1 rings (SSSR count). The van der Waals surface area contributed by atoms with E-state index in [0.717, 1.165) is 24.2 Å². The summed E-state index contributed by atoms with van der Waals surface area (Å²) < 4.78 is 0. The second-order valence-corrected chi connectivity index (χ2v) is 4.64. The van der Waals surface area contributed by atoms with Crippen molar-refractivity contribution in [3.8, 4) is 0 Å². The molecule has 0 saturated heterocycles. The highest BCUT2D eigenvalue weighted by molar-refractivity contribution is 6.31. The van der Waals surface area contributed by atoms with Crippen molar-refractivity contribution in [1.29, 1.82) is 0 Å². The fourth-order valence-corrected chi connectivity index (χ4v) is 1.72. The Morgan fingerprint density at radius 2 is 2.12 bits per heavy atom. The molecule has 1 aromatic rings. The van der Waals surface area contributed by atoms with Crippen molar-refractivity contribution in [2.45, 2.75) is 26.2 Å². The van der Waals surface area contributed by atoms with Crippen molar-refractivity contribution in [2.75, 3.05) is 24.3 Å². The number of amides is 1. The summed E-state index contributed by atoms with van der Waals surface area (Å²) in [7, 11) is 3.87. The van der Waals surface area contributed by atoms with E-state index in [0.29, 0.717) is 11.4 Å². The third-order valence-electron chi connectivity index (χ3n) is 2.47. The molecule has 0 fully saturated rings. The molecule has 0 heterocycles. The van der Waals surface area contributed by atoms with Gasteiger partial charge in [-0.15, -0.1) is 0 Å². The first kappa shape index (κ1) is 13.8. The normalized spacial score (nSPS) is 10.1. The van der Waals surface area contributed by atoms with Gasteiger partial charge in [0.25, 0.3) is 0 Å². The standard InChI is InChI=1S/C13H19ClN2O/c1-4-5-6-13(17)15-11-9-10(14)7-8-12(11)16(2)3/h7-9H,4-6H2,1-3H3,(H,15,17). The van der Waals surface area contributed by atoms with Crippen LogP contribution < -0.4 is 10.2 Å². The molecule has 0 spiro atoms. The SMILES string of the molecule is CCCCC(=O)Nc1cc(Cl)ccc1N(C)C. The lowest BCUT2D eigenvalue weighted by atomic mass is 10.2. The zero-order chi connectivity index (χ0) is 12.8. The van der Waals surface area contributed by atoms with Gasteiger partial charge < -0.3 is 10.2 Å². The first-order chi connectivity index (χ1) is 8.04. The second kappa shape index (κ2) is 6.50. The second-order valence-electron chi connectivity index (χ2n) is 4.21. The number of hydrogen-bond donors (Lipinski definition) is 1. The molecule has 0 aromatic heterocycles. The average molecular weight is 255 g/mol. The maximum atomic E-state index is 11.7. The number of rotatable bonds is 5. The molecule has 0 aliphatic heterocycles. The van der Waals surface area contributed by atoms with Crippen LogP contribution in [0.1, 0.15) is 26.2 Å². The Bertz CT molecular complexity index is 391. The zero-order valence-electron chi connectivity index (χ0n) is 10.6. The van der Waals surface area contributed by atoms with Gasteiger partial charge in [-0.2, -0.15) is 0 Å². The Kier molecular flexibility index (Phi) is 5.29. The molecule has 0 saturated carbocycles. The minimum absolute atomic E-state index is 0.0391. The highest BCUT2D eigenvalue weighted by atomic mass is 35.5. The third kappa shape index (κ3) is 4.27. The maximum Gasteiger partial charge on any atom is 0.224 e. The zero-order valence-corrected chi connectivity index (χ0v) is 11.3. The van der Waals surface area contributed by atoms with Gasteiger partial charge in [0.15, 0.2) is 0 Å². The van der Waals surface area contributed by atoms with Gasteiger partial charge in [-0.05, 0) is 24.6 Å². The van der Waals surface area contributed by atoms with Crippen LogP contribution in [0.25, 0.3) is 0 Å². The molecule has 0 unspecified atom stereocenters. The van der Waals surface area contributed by atoms with Crippen LogP contribution in [0.15, 0.2) is 18.2 Å². The number of nitrogens with zero attached hydrogens (tertiary/aromatic N) is 1. The summed E-state index contributed by atoms with van der Waals surface area (Å²) in [5.74, 6) is 0.0391. The Hall–Kier alpha value is -1.22. The fourth-order valence-electron chi connectivity index (χ4n) is 1.55. The molecule has 0 bridgehead atoms. The Balaban J connectivity index is 2.81. The van der Waals surface area contributed by atoms with Gasteiger partial charge in [0.05, 0.1) is 11.4 Å². The van der Waals surface area contributed by atoms with Crippen LogP contribution in [0.3, 0.4) is 0 Å². The number of benzene rings is 1. The summed E-state index contributed by atoms with van der Waals surface area (Å²) in [6.07, 6.45) is 2.48. The van der Waals surface area contributed by atoms with Crippen LogP contribution in [0.4, 0.5) is 11.4 Å². The number of carbonyl (C=O) groups excluding carboxylic acids is 1. The van der Waals surface area contributed by atoms with E-state index in [9.17, 15) is 4.79 Å². The number of halogens is 1. The van der Waals surface area contributed by atoms with Crippen molar-refractivity contribution in [1.82, 2.24) is 0 Å². The summed E-state index contributed by atoms with van der Waals surface area (Å²) in [5.41, 5.74) is 1.72. The van der Waals surface area contributed by atoms with E-state index in [4.69, 9.17) is 11.6 Å². The van der Waals surface area contributed by atoms with E-state index in [-0.39, 0.29) is 5.91 Å². The highest BCUT2D eigenvalue weighted by Crippen LogP contribution is 2.27. The molecule has 1 aromatic carbocycles. The molecule has 1 amide bonds. The van der Waals surface area contributed by atoms with Crippen molar-refractivity contribution in [2.24, 2.45) is 0 Å². The van der Waals surface area contributed by atoms with Crippen molar-refractivity contribution in [3.63, 3.8) is 0 Å². The number of carbonyl (C=O) groups is 1. The van der Waals surface area contributed by atoms with Gasteiger partial charge in [0.2, 0.25) is 5.91 Å². The summed E-state index contributed by atoms with van der Waals surface area (Å²) in [6.45, 7) is 2.07. The van der Waals surface area contributed by atoms with Gasteiger partial charge in [-0.3, -0.25) is 4.79 Å². The van der Waals surface area contributed by atoms with E-state index in [1.807, 2.05) is 31.1 Å². The molecule has 0 radical (unpaired) electrons. The summed E-state index contributed by atoms with van der Waals surface area (Å²) in [4.78, 5) is 13.6. The molecular weight excluding hydrogens is 236 g/mol. The first-order valence-corrected chi connectivity index (χ1v) is 6.19. The molecular formula is C13H19ClN2O. The average Bonchev–Trinajstić information content (AvgIpc) is 2.26. The van der Waals surface area contributed by atoms with Crippen LogP contribution in [0.5, 0.6) is 0 Å². The lowest BCUT2D eigenvalue weighted by Crippen LogP contribution is -2.16. The fraction of sp³-hybridized carbons (Fsp3) is 0.462. The monoisotopic (exact) mass is 254 g/mol. The molecule has 0 aliphatic rings. The van der Waals surface area contributed by atoms with Gasteiger partial charge in [-0.25, -0.2) is 0 Å². The molecule has 4 heteroatoms. The van der Waals surface area contributed by atoms with E-state index < -0.39 is 0 Å². The lowest BCUT2D eigenvalue weighted by Gasteiger charge is -2.18. The lowest BCUT2D eigenvalue weighted by molar-refractivity contribution is -0.116. The Morgan fingerprint density at radius 1 is 1.41 bits per heavy atom. The predicted octanol–water partition coefficient (Wildman–Crippen LogP) is 3.53. The summed E-state index contributed by atoms with van der Waals surface area (Å²) in [6, 6.07) is 5.50. The smallest absolute Gasteiger partial charge is 0.224 e. The first-order valence-electron chi connectivity index (χ1n) is 5.81. The van der Waals surface area contributed by atoms with Crippen LogP contribution in [0.2, 0.25) is 5.02 Å². The van der Waals surface area contributed by atoms with E-state index in [1.54, 1.807) is 6.07 Å². The number of unbranched alkanes of at least 4 members (excludes halogenated alkanes) is 1. The largest absolute Gasteiger partial charge is 0.376 e. The van der Waals surface area contributed by atoms with Crippen LogP contribution in [0, 0.1) is 0 Å². The van der Waals surface area contributed by atoms with E-state index in [2.05, 4.69) is 12.2 Å². The van der Waals surface area contributed by atoms with Gasteiger partial charge >= 0.3 is 0 Å². The minimum atomic E-state index is 0.0391. The van der Waals surface area contributed by atoms with Crippen LogP contribution in [-0.2, 0) is 4.79 Å². The van der Waals surface area contributed by atoms with Crippen LogP contribution in [-0.4, -0.2) is 20.0 Å². The molecule has 17 heavy (non-hydrogen) atoms. The number of hydrogen-bond acceptors (Lipinski definition) is 2. The highest BCUT2D eigenvalue weighted by Gasteiger charge is 2.08. The molecule has 1 N–H and O–H groups in total. The van der Waals surface area contributed by atoms with Gasteiger partial charge in [0, 0.05) is 25.5 Å². The summed E-state index contributed by atoms with van der Waals surface area (Å²) >= 11 is 5.94. The third-order valence-corrected chi connectivity index (χ3v) is 2.71. The molecule has 94 valence electrons. The summed E-state index contributed by atoms with van der Waals surface area (Å²) in [5, 5.41) is 3.53. The molecule has 3 nitrogen and oxygen atoms in total. The van der Waals surface area contributed by atoms with Crippen molar-refractivity contribution >= 4 is 28.9 Å². The maximum absolute atomic E-state index is 11.7. The predicted molar refractivity (Wildman–Crippen MR) is 73.9 cm³/mol. The van der Waals surface area contributed by atoms with Crippen LogP contribution >= 0.6 is 11.6 Å². The topological polar surface area (TPSA) is 32.3 Å². The van der Waals surface area contributed by atoms with Crippen molar-refractivity contribution in [3.05, 3.63) is 23.2 Å². The quantitative estimate of drug-likeness (QED) is 0.872. The Morgan fingerprint density at radius 3 is 2.71 bits per heavy atom. The number of nitrogens with one attached hydrogen (secondary N) is 1. The minimum Gasteiger partial charge on any atom is -0.376 e. The number of anilines is 2. The molecule has 0 aliphatic carbocycles. The van der Waals surface area contributed by atoms with E-state index in [1.165, 1.54) is 0 Å². The van der Waals surface area contributed by atoms with Crippen molar-refractivity contribution < 1.29 is 4.79 Å².